The quantitative estimate of drug-likeness (QED) is 0.364. The molecule has 0 bridgehead atoms. The highest BCUT2D eigenvalue weighted by Crippen LogP contribution is 2.29. The summed E-state index contributed by atoms with van der Waals surface area (Å²) in [6, 6.07) is 0.442. The highest BCUT2D eigenvalue weighted by atomic mass is 32.1. The summed E-state index contributed by atoms with van der Waals surface area (Å²) in [6.45, 7) is 11.0. The summed E-state index contributed by atoms with van der Waals surface area (Å²) in [5.74, 6) is 1.38. The van der Waals surface area contributed by atoms with Gasteiger partial charge in [-0.3, -0.25) is 10.9 Å². The minimum atomic E-state index is 0.442. The zero-order valence-electron chi connectivity index (χ0n) is 12.6. The molecule has 6 heteroatoms. The zero-order valence-corrected chi connectivity index (χ0v) is 14.2. The Morgan fingerprint density at radius 3 is 2.45 bits per heavy atom. The van der Waals surface area contributed by atoms with Crippen LogP contribution >= 0.6 is 24.4 Å². The molecule has 0 amide bonds. The molecule has 1 fully saturated rings. The van der Waals surface area contributed by atoms with Gasteiger partial charge in [0.15, 0.2) is 10.2 Å². The molecule has 114 valence electrons. The van der Waals surface area contributed by atoms with Crippen molar-refractivity contribution in [1.29, 1.82) is 0 Å². The minimum Gasteiger partial charge on any atom is -0.358 e. The average Bonchev–Trinajstić information content (AvgIpc) is 2.39. The summed E-state index contributed by atoms with van der Waals surface area (Å²) in [7, 11) is 0. The first kappa shape index (κ1) is 17.2. The van der Waals surface area contributed by atoms with E-state index in [4.69, 9.17) is 24.4 Å². The van der Waals surface area contributed by atoms with Gasteiger partial charge in [0, 0.05) is 12.6 Å². The van der Waals surface area contributed by atoms with E-state index in [0.29, 0.717) is 28.7 Å². The van der Waals surface area contributed by atoms with E-state index in [9.17, 15) is 0 Å². The standard InChI is InChI=1S/C14H26N4S2/c1-9(2)8-15-13(19)17-18-14(20)16-12-7-5-6-10(3)11(12)4/h10-12H,1,5-8H2,2-4H3,(H2,15,17,19)(H2,16,18,20)/t10-,11+,12-/m0/s1. The molecule has 0 aliphatic heterocycles. The van der Waals surface area contributed by atoms with Crippen LogP contribution in [0.4, 0.5) is 0 Å². The van der Waals surface area contributed by atoms with Crippen LogP contribution < -0.4 is 21.5 Å². The van der Waals surface area contributed by atoms with Gasteiger partial charge in [-0.05, 0) is 49.6 Å². The maximum Gasteiger partial charge on any atom is 0.185 e. The van der Waals surface area contributed by atoms with Crippen molar-refractivity contribution in [2.75, 3.05) is 6.54 Å². The molecule has 20 heavy (non-hydrogen) atoms. The van der Waals surface area contributed by atoms with Crippen molar-refractivity contribution in [3.8, 4) is 0 Å². The summed E-state index contributed by atoms with van der Waals surface area (Å²) >= 11 is 10.4. The van der Waals surface area contributed by atoms with Gasteiger partial charge in [0.25, 0.3) is 0 Å². The van der Waals surface area contributed by atoms with Gasteiger partial charge in [0.05, 0.1) is 0 Å². The molecule has 0 unspecified atom stereocenters. The van der Waals surface area contributed by atoms with Gasteiger partial charge in [-0.2, -0.15) is 0 Å². The second kappa shape index (κ2) is 8.42. The van der Waals surface area contributed by atoms with Crippen molar-refractivity contribution < 1.29 is 0 Å². The predicted octanol–water partition coefficient (Wildman–Crippen LogP) is 2.23. The summed E-state index contributed by atoms with van der Waals surface area (Å²) < 4.78 is 0. The summed E-state index contributed by atoms with van der Waals surface area (Å²) in [4.78, 5) is 0. The molecule has 1 saturated carbocycles. The van der Waals surface area contributed by atoms with E-state index in [2.05, 4.69) is 41.9 Å². The third kappa shape index (κ3) is 6.05. The second-order valence-electron chi connectivity index (χ2n) is 5.74. The molecular weight excluding hydrogens is 288 g/mol. The molecule has 0 radical (unpaired) electrons. The first-order valence-electron chi connectivity index (χ1n) is 7.15. The van der Waals surface area contributed by atoms with Gasteiger partial charge in [0.2, 0.25) is 0 Å². The van der Waals surface area contributed by atoms with Crippen LogP contribution in [0.15, 0.2) is 12.2 Å². The number of hydrogen-bond donors (Lipinski definition) is 4. The lowest BCUT2D eigenvalue weighted by atomic mass is 9.78. The largest absolute Gasteiger partial charge is 0.358 e. The van der Waals surface area contributed by atoms with Crippen molar-refractivity contribution in [3.63, 3.8) is 0 Å². The monoisotopic (exact) mass is 314 g/mol. The fraction of sp³-hybridized carbons (Fsp3) is 0.714. The Balaban J connectivity index is 2.26. The topological polar surface area (TPSA) is 48.1 Å². The number of thiocarbonyl (C=S) groups is 2. The summed E-state index contributed by atoms with van der Waals surface area (Å²) in [6.07, 6.45) is 3.75. The van der Waals surface area contributed by atoms with Gasteiger partial charge in [-0.25, -0.2) is 0 Å². The van der Waals surface area contributed by atoms with Crippen molar-refractivity contribution in [3.05, 3.63) is 12.2 Å². The molecule has 0 saturated heterocycles. The van der Waals surface area contributed by atoms with Gasteiger partial charge in [-0.15, -0.1) is 0 Å². The zero-order chi connectivity index (χ0) is 15.1. The number of hydrazine groups is 1. The fourth-order valence-electron chi connectivity index (χ4n) is 2.38. The molecule has 4 N–H and O–H groups in total. The van der Waals surface area contributed by atoms with Crippen molar-refractivity contribution in [1.82, 2.24) is 21.5 Å². The van der Waals surface area contributed by atoms with Crippen molar-refractivity contribution >= 4 is 34.7 Å². The minimum absolute atomic E-state index is 0.442. The van der Waals surface area contributed by atoms with E-state index in [0.717, 1.165) is 11.5 Å². The molecular formula is C14H26N4S2. The van der Waals surface area contributed by atoms with Crippen LogP contribution in [0.25, 0.3) is 0 Å². The molecule has 1 rings (SSSR count). The third-order valence-corrected chi connectivity index (χ3v) is 4.33. The normalized spacial score (nSPS) is 25.4. The third-order valence-electron chi connectivity index (χ3n) is 3.86. The Labute approximate surface area is 133 Å². The molecule has 1 aliphatic carbocycles. The Kier molecular flexibility index (Phi) is 7.23. The van der Waals surface area contributed by atoms with Crippen LogP contribution in [0, 0.1) is 11.8 Å². The predicted molar refractivity (Wildman–Crippen MR) is 93.4 cm³/mol. The number of rotatable bonds is 3. The van der Waals surface area contributed by atoms with E-state index in [1.54, 1.807) is 0 Å². The Morgan fingerprint density at radius 2 is 1.80 bits per heavy atom. The number of nitrogens with one attached hydrogen (secondary N) is 4. The Bertz CT molecular complexity index is 370. The van der Waals surface area contributed by atoms with Crippen LogP contribution in [0.3, 0.4) is 0 Å². The highest BCUT2D eigenvalue weighted by Gasteiger charge is 2.27. The fourth-order valence-corrected chi connectivity index (χ4v) is 2.70. The van der Waals surface area contributed by atoms with Crippen LogP contribution in [0.2, 0.25) is 0 Å². The molecule has 0 aromatic carbocycles. The first-order chi connectivity index (χ1) is 9.40. The first-order valence-corrected chi connectivity index (χ1v) is 7.96. The SMILES string of the molecule is C=C(C)CNC(=S)NNC(=S)N[C@H]1CCC[C@H](C)[C@H]1C. The molecule has 1 aliphatic rings. The van der Waals surface area contributed by atoms with E-state index in [1.807, 2.05) is 6.92 Å². The number of hydrogen-bond acceptors (Lipinski definition) is 2. The maximum atomic E-state index is 5.29. The van der Waals surface area contributed by atoms with E-state index in [1.165, 1.54) is 19.3 Å². The van der Waals surface area contributed by atoms with E-state index < -0.39 is 0 Å². The Morgan fingerprint density at radius 1 is 1.15 bits per heavy atom. The van der Waals surface area contributed by atoms with Crippen LogP contribution in [0.1, 0.15) is 40.0 Å². The van der Waals surface area contributed by atoms with Crippen LogP contribution in [-0.2, 0) is 0 Å². The lowest BCUT2D eigenvalue weighted by Crippen LogP contribution is -2.54. The average molecular weight is 315 g/mol. The van der Waals surface area contributed by atoms with Crippen molar-refractivity contribution in [2.24, 2.45) is 11.8 Å². The molecule has 3 atom stereocenters. The molecule has 0 heterocycles. The smallest absolute Gasteiger partial charge is 0.185 e. The van der Waals surface area contributed by atoms with Gasteiger partial charge in [0.1, 0.15) is 0 Å². The van der Waals surface area contributed by atoms with Crippen LogP contribution in [0.5, 0.6) is 0 Å². The van der Waals surface area contributed by atoms with Gasteiger partial charge < -0.3 is 10.6 Å². The maximum absolute atomic E-state index is 5.29. The summed E-state index contributed by atoms with van der Waals surface area (Å²) in [5.41, 5.74) is 6.83. The van der Waals surface area contributed by atoms with Crippen molar-refractivity contribution in [2.45, 2.75) is 46.1 Å². The molecule has 0 aromatic rings. The Hall–Kier alpha value is -0.880. The molecule has 4 nitrogen and oxygen atoms in total. The second-order valence-corrected chi connectivity index (χ2v) is 6.55. The van der Waals surface area contributed by atoms with Gasteiger partial charge in [-0.1, -0.05) is 38.8 Å². The molecule has 0 spiro atoms. The van der Waals surface area contributed by atoms with Crippen LogP contribution in [-0.4, -0.2) is 22.8 Å². The molecule has 0 aromatic heterocycles. The summed E-state index contributed by atoms with van der Waals surface area (Å²) in [5, 5.41) is 7.51. The highest BCUT2D eigenvalue weighted by molar-refractivity contribution is 7.80. The van der Waals surface area contributed by atoms with E-state index in [-0.39, 0.29) is 0 Å². The lowest BCUT2D eigenvalue weighted by molar-refractivity contribution is 0.224. The van der Waals surface area contributed by atoms with Gasteiger partial charge >= 0.3 is 0 Å². The lowest BCUT2D eigenvalue weighted by Gasteiger charge is -2.35. The van der Waals surface area contributed by atoms with E-state index >= 15 is 0 Å².